The molecule has 0 aromatic heterocycles. The third-order valence-electron chi connectivity index (χ3n) is 5.56. The molecule has 2 unspecified atom stereocenters. The maximum Gasteiger partial charge on any atom is 0.193 e. The molecule has 1 saturated heterocycles. The Labute approximate surface area is 158 Å². The average Bonchev–Trinajstić information content (AvgIpc) is 3.37. The lowest BCUT2D eigenvalue weighted by atomic mass is 10.1. The van der Waals surface area contributed by atoms with Crippen LogP contribution in [0.3, 0.4) is 0 Å². The van der Waals surface area contributed by atoms with Gasteiger partial charge >= 0.3 is 0 Å². The molecule has 1 aromatic carbocycles. The predicted octanol–water partition coefficient (Wildman–Crippen LogP) is 2.44. The minimum atomic E-state index is 0.588. The first kappa shape index (κ1) is 19.2. The van der Waals surface area contributed by atoms with Crippen LogP contribution in [0.15, 0.2) is 35.3 Å². The van der Waals surface area contributed by atoms with Crippen LogP contribution >= 0.6 is 0 Å². The van der Waals surface area contributed by atoms with Gasteiger partial charge in [-0.1, -0.05) is 30.3 Å². The third kappa shape index (κ3) is 5.45. The highest BCUT2D eigenvalue weighted by Crippen LogP contribution is 2.34. The SMILES string of the molecule is CN=C(NCC(C1CC1)N(C)C)N1CCC(COCc2ccccc2)C1. The van der Waals surface area contributed by atoms with Crippen molar-refractivity contribution < 1.29 is 4.74 Å². The number of nitrogens with one attached hydrogen (secondary N) is 1. The van der Waals surface area contributed by atoms with Crippen LogP contribution in [0.1, 0.15) is 24.8 Å². The molecule has 0 radical (unpaired) electrons. The molecule has 1 N–H and O–H groups in total. The van der Waals surface area contributed by atoms with Crippen molar-refractivity contribution in [1.29, 1.82) is 0 Å². The van der Waals surface area contributed by atoms with Gasteiger partial charge in [-0.15, -0.1) is 0 Å². The van der Waals surface area contributed by atoms with Crippen LogP contribution in [0.5, 0.6) is 0 Å². The molecule has 1 saturated carbocycles. The number of guanidine groups is 1. The van der Waals surface area contributed by atoms with Gasteiger partial charge in [0.05, 0.1) is 13.2 Å². The minimum absolute atomic E-state index is 0.588. The molecule has 26 heavy (non-hydrogen) atoms. The molecule has 144 valence electrons. The van der Waals surface area contributed by atoms with Gasteiger partial charge in [-0.25, -0.2) is 0 Å². The number of rotatable bonds is 8. The van der Waals surface area contributed by atoms with Gasteiger partial charge in [0.1, 0.15) is 0 Å². The first-order valence-electron chi connectivity index (χ1n) is 9.91. The quantitative estimate of drug-likeness (QED) is 0.572. The fraction of sp³-hybridized carbons (Fsp3) is 0.667. The van der Waals surface area contributed by atoms with E-state index in [1.165, 1.54) is 24.8 Å². The van der Waals surface area contributed by atoms with Gasteiger partial charge in [-0.3, -0.25) is 4.99 Å². The Bertz CT molecular complexity index is 569. The molecule has 1 heterocycles. The van der Waals surface area contributed by atoms with Crippen molar-refractivity contribution in [3.63, 3.8) is 0 Å². The zero-order valence-electron chi connectivity index (χ0n) is 16.5. The molecule has 2 fully saturated rings. The van der Waals surface area contributed by atoms with E-state index in [0.29, 0.717) is 18.6 Å². The molecule has 2 atom stereocenters. The number of hydrogen-bond acceptors (Lipinski definition) is 3. The Morgan fingerprint density at radius 3 is 2.69 bits per heavy atom. The fourth-order valence-electron chi connectivity index (χ4n) is 3.86. The van der Waals surface area contributed by atoms with E-state index in [9.17, 15) is 0 Å². The predicted molar refractivity (Wildman–Crippen MR) is 107 cm³/mol. The van der Waals surface area contributed by atoms with Gasteiger partial charge in [0.25, 0.3) is 0 Å². The maximum absolute atomic E-state index is 5.94. The molecule has 2 aliphatic rings. The summed E-state index contributed by atoms with van der Waals surface area (Å²) in [7, 11) is 6.26. The minimum Gasteiger partial charge on any atom is -0.376 e. The number of benzene rings is 1. The van der Waals surface area contributed by atoms with E-state index >= 15 is 0 Å². The van der Waals surface area contributed by atoms with Crippen LogP contribution in [0.4, 0.5) is 0 Å². The smallest absolute Gasteiger partial charge is 0.193 e. The molecule has 5 nitrogen and oxygen atoms in total. The van der Waals surface area contributed by atoms with Crippen LogP contribution in [-0.4, -0.2) is 69.2 Å². The molecule has 1 aromatic rings. The van der Waals surface area contributed by atoms with Crippen LogP contribution in [0.2, 0.25) is 0 Å². The van der Waals surface area contributed by atoms with E-state index in [4.69, 9.17) is 4.74 Å². The number of ether oxygens (including phenoxy) is 1. The van der Waals surface area contributed by atoms with Crippen molar-refractivity contribution in [2.75, 3.05) is 47.4 Å². The Hall–Kier alpha value is -1.59. The summed E-state index contributed by atoms with van der Waals surface area (Å²) < 4.78 is 5.94. The first-order chi connectivity index (χ1) is 12.7. The topological polar surface area (TPSA) is 40.1 Å². The standard InChI is InChI=1S/C21H34N4O/c1-22-21(23-13-20(24(2)3)19-9-10-19)25-12-11-18(14-25)16-26-15-17-7-5-4-6-8-17/h4-8,18-20H,9-16H2,1-3H3,(H,22,23). The average molecular weight is 359 g/mol. The second-order valence-electron chi connectivity index (χ2n) is 7.90. The van der Waals surface area contributed by atoms with E-state index in [2.05, 4.69) is 58.5 Å². The molecule has 0 amide bonds. The van der Waals surface area contributed by atoms with Crippen LogP contribution < -0.4 is 5.32 Å². The highest BCUT2D eigenvalue weighted by Gasteiger charge is 2.33. The second-order valence-corrected chi connectivity index (χ2v) is 7.90. The summed E-state index contributed by atoms with van der Waals surface area (Å²) in [5, 5.41) is 3.61. The fourth-order valence-corrected chi connectivity index (χ4v) is 3.86. The summed E-state index contributed by atoms with van der Waals surface area (Å²) >= 11 is 0. The lowest BCUT2D eigenvalue weighted by Crippen LogP contribution is -2.47. The number of likely N-dealkylation sites (N-methyl/N-ethyl adjacent to an activating group) is 1. The maximum atomic E-state index is 5.94. The van der Waals surface area contributed by atoms with Crippen molar-refractivity contribution in [1.82, 2.24) is 15.1 Å². The van der Waals surface area contributed by atoms with E-state index in [0.717, 1.165) is 38.1 Å². The molecule has 1 aliphatic heterocycles. The normalized spacial score (nSPS) is 22.1. The van der Waals surface area contributed by atoms with E-state index in [-0.39, 0.29) is 0 Å². The van der Waals surface area contributed by atoms with Gasteiger partial charge in [-0.05, 0) is 44.8 Å². The van der Waals surface area contributed by atoms with E-state index in [1.807, 2.05) is 13.1 Å². The summed E-state index contributed by atoms with van der Waals surface area (Å²) in [5.74, 6) is 2.49. The molecule has 1 aliphatic carbocycles. The molecular formula is C21H34N4O. The van der Waals surface area contributed by atoms with Crippen molar-refractivity contribution in [2.24, 2.45) is 16.8 Å². The highest BCUT2D eigenvalue weighted by molar-refractivity contribution is 5.80. The first-order valence-corrected chi connectivity index (χ1v) is 9.91. The molecule has 3 rings (SSSR count). The summed E-state index contributed by atoms with van der Waals surface area (Å²) in [4.78, 5) is 9.25. The summed E-state index contributed by atoms with van der Waals surface area (Å²) in [6.07, 6.45) is 3.91. The monoisotopic (exact) mass is 358 g/mol. The largest absolute Gasteiger partial charge is 0.376 e. The van der Waals surface area contributed by atoms with Gasteiger partial charge < -0.3 is 19.9 Å². The molecule has 0 spiro atoms. The number of nitrogens with zero attached hydrogens (tertiary/aromatic N) is 3. The summed E-state index contributed by atoms with van der Waals surface area (Å²) in [6.45, 7) is 4.61. The molecular weight excluding hydrogens is 324 g/mol. The Balaban J connectivity index is 1.40. The van der Waals surface area contributed by atoms with Crippen LogP contribution in [0.25, 0.3) is 0 Å². The van der Waals surface area contributed by atoms with Gasteiger partial charge in [0.15, 0.2) is 5.96 Å². The van der Waals surface area contributed by atoms with Crippen molar-refractivity contribution in [3.8, 4) is 0 Å². The van der Waals surface area contributed by atoms with Gasteiger partial charge in [0.2, 0.25) is 0 Å². The van der Waals surface area contributed by atoms with Gasteiger partial charge in [0, 0.05) is 38.6 Å². The zero-order valence-corrected chi connectivity index (χ0v) is 16.5. The number of likely N-dealkylation sites (tertiary alicyclic amines) is 1. The number of aliphatic imine (C=N–C) groups is 1. The van der Waals surface area contributed by atoms with Crippen molar-refractivity contribution in [3.05, 3.63) is 35.9 Å². The van der Waals surface area contributed by atoms with Crippen molar-refractivity contribution in [2.45, 2.75) is 31.9 Å². The van der Waals surface area contributed by atoms with Gasteiger partial charge in [-0.2, -0.15) is 0 Å². The van der Waals surface area contributed by atoms with Crippen LogP contribution in [-0.2, 0) is 11.3 Å². The van der Waals surface area contributed by atoms with E-state index < -0.39 is 0 Å². The zero-order chi connectivity index (χ0) is 18.4. The Morgan fingerprint density at radius 2 is 2.04 bits per heavy atom. The summed E-state index contributed by atoms with van der Waals surface area (Å²) in [5.41, 5.74) is 1.25. The lowest BCUT2D eigenvalue weighted by Gasteiger charge is -2.28. The highest BCUT2D eigenvalue weighted by atomic mass is 16.5. The Morgan fingerprint density at radius 1 is 1.27 bits per heavy atom. The lowest BCUT2D eigenvalue weighted by molar-refractivity contribution is 0.0906. The second kappa shape index (κ2) is 9.38. The van der Waals surface area contributed by atoms with E-state index in [1.54, 1.807) is 0 Å². The molecule has 5 heteroatoms. The third-order valence-corrected chi connectivity index (χ3v) is 5.56. The van der Waals surface area contributed by atoms with Crippen molar-refractivity contribution >= 4 is 5.96 Å². The molecule has 0 bridgehead atoms. The van der Waals surface area contributed by atoms with Crippen LogP contribution in [0, 0.1) is 11.8 Å². The Kier molecular flexibility index (Phi) is 6.92. The number of hydrogen-bond donors (Lipinski definition) is 1. The summed E-state index contributed by atoms with van der Waals surface area (Å²) in [6, 6.07) is 11.0.